The maximum Gasteiger partial charge on any atom is 0.234 e. The van der Waals surface area contributed by atoms with Gasteiger partial charge in [-0.1, -0.05) is 30.3 Å². The zero-order valence-electron chi connectivity index (χ0n) is 15.5. The highest BCUT2D eigenvalue weighted by Gasteiger charge is 2.20. The Labute approximate surface area is 154 Å². The van der Waals surface area contributed by atoms with Crippen LogP contribution >= 0.6 is 0 Å². The Kier molecular flexibility index (Phi) is 5.28. The Morgan fingerprint density at radius 2 is 1.85 bits per heavy atom. The number of nitrogens with one attached hydrogen (secondary N) is 2. The van der Waals surface area contributed by atoms with E-state index in [9.17, 15) is 4.79 Å². The molecule has 0 spiro atoms. The van der Waals surface area contributed by atoms with E-state index in [0.717, 1.165) is 11.2 Å². The average molecular weight is 350 g/mol. The molecule has 5 heteroatoms. The Balaban J connectivity index is 1.97. The van der Waals surface area contributed by atoms with Crippen LogP contribution in [-0.4, -0.2) is 37.6 Å². The zero-order chi connectivity index (χ0) is 18.7. The number of hydrogen-bond acceptors (Lipinski definition) is 3. The molecule has 1 aromatic heterocycles. The Morgan fingerprint density at radius 3 is 2.50 bits per heavy atom. The van der Waals surface area contributed by atoms with Crippen LogP contribution in [0.3, 0.4) is 0 Å². The minimum Gasteiger partial charge on any atom is -0.378 e. The molecule has 0 bridgehead atoms. The first-order chi connectivity index (χ1) is 12.5. The molecular formula is C21H26N4O. The normalized spacial score (nSPS) is 13.5. The molecule has 0 unspecified atom stereocenters. The second kappa shape index (κ2) is 7.62. The summed E-state index contributed by atoms with van der Waals surface area (Å²) in [4.78, 5) is 16.8. The van der Waals surface area contributed by atoms with E-state index in [1.165, 1.54) is 16.5 Å². The number of nitrogens with two attached hydrogens (primary N) is 1. The molecule has 3 aromatic rings. The number of carbonyl (C=O) groups excluding carboxylic acids is 1. The number of carbonyl (C=O) groups is 1. The van der Waals surface area contributed by atoms with Gasteiger partial charge in [-0.15, -0.1) is 0 Å². The van der Waals surface area contributed by atoms with Crippen LogP contribution in [-0.2, 0) is 4.79 Å². The molecule has 0 saturated heterocycles. The van der Waals surface area contributed by atoms with Crippen LogP contribution in [0.4, 0.5) is 5.69 Å². The fourth-order valence-electron chi connectivity index (χ4n) is 3.19. The first-order valence-electron chi connectivity index (χ1n) is 8.83. The molecule has 0 aliphatic heterocycles. The number of fused-ring (bicyclic) bond motifs is 1. The zero-order valence-corrected chi connectivity index (χ0v) is 15.5. The summed E-state index contributed by atoms with van der Waals surface area (Å²) >= 11 is 0. The third-order valence-corrected chi connectivity index (χ3v) is 4.86. The van der Waals surface area contributed by atoms with E-state index in [4.69, 9.17) is 5.73 Å². The van der Waals surface area contributed by atoms with Gasteiger partial charge in [0.25, 0.3) is 0 Å². The summed E-state index contributed by atoms with van der Waals surface area (Å²) in [5.41, 5.74) is 10.1. The van der Waals surface area contributed by atoms with E-state index in [-0.39, 0.29) is 17.9 Å². The van der Waals surface area contributed by atoms with Crippen LogP contribution in [0.25, 0.3) is 10.9 Å². The van der Waals surface area contributed by atoms with E-state index in [2.05, 4.69) is 57.8 Å². The number of H-pyrrole nitrogens is 1. The van der Waals surface area contributed by atoms with Crippen LogP contribution in [0.1, 0.15) is 24.0 Å². The molecule has 0 aliphatic rings. The van der Waals surface area contributed by atoms with Crippen LogP contribution in [0.5, 0.6) is 0 Å². The molecule has 4 N–H and O–H groups in total. The molecule has 26 heavy (non-hydrogen) atoms. The van der Waals surface area contributed by atoms with Gasteiger partial charge in [0.05, 0.1) is 6.04 Å². The largest absolute Gasteiger partial charge is 0.378 e. The number of aromatic amines is 1. The standard InChI is InChI=1S/C21H26N4O/c1-14(21(22)26)23-12-18(15-8-10-16(11-9-15)25(2)3)19-13-24-20-7-5-4-6-17(19)20/h4-11,13-14,18,23-24H,12H2,1-3H3,(H2,22,26)/t14-,18+/m1/s1. The summed E-state index contributed by atoms with van der Waals surface area (Å²) in [5.74, 6) is -0.227. The minimum absolute atomic E-state index is 0.115. The van der Waals surface area contributed by atoms with Crippen molar-refractivity contribution in [2.24, 2.45) is 5.73 Å². The number of aromatic nitrogens is 1. The predicted octanol–water partition coefficient (Wildman–Crippen LogP) is 2.83. The maximum atomic E-state index is 11.4. The number of primary amides is 1. The summed E-state index contributed by atoms with van der Waals surface area (Å²) in [6.07, 6.45) is 2.06. The summed E-state index contributed by atoms with van der Waals surface area (Å²) in [7, 11) is 4.06. The number of para-hydroxylation sites is 1. The maximum absolute atomic E-state index is 11.4. The van der Waals surface area contributed by atoms with Crippen molar-refractivity contribution in [1.82, 2.24) is 10.3 Å². The number of nitrogens with zero attached hydrogens (tertiary/aromatic N) is 1. The monoisotopic (exact) mass is 350 g/mol. The number of rotatable bonds is 7. The van der Waals surface area contributed by atoms with E-state index in [1.807, 2.05) is 26.2 Å². The Bertz CT molecular complexity index is 882. The molecular weight excluding hydrogens is 324 g/mol. The number of hydrogen-bond donors (Lipinski definition) is 3. The van der Waals surface area contributed by atoms with Gasteiger partial charge in [-0.3, -0.25) is 4.79 Å². The van der Waals surface area contributed by atoms with E-state index in [1.54, 1.807) is 6.92 Å². The summed E-state index contributed by atoms with van der Waals surface area (Å²) < 4.78 is 0. The van der Waals surface area contributed by atoms with Gasteiger partial charge in [0, 0.05) is 49.3 Å². The minimum atomic E-state index is -0.372. The molecule has 5 nitrogen and oxygen atoms in total. The highest BCUT2D eigenvalue weighted by atomic mass is 16.1. The lowest BCUT2D eigenvalue weighted by Gasteiger charge is -2.21. The second-order valence-corrected chi connectivity index (χ2v) is 6.86. The lowest BCUT2D eigenvalue weighted by atomic mass is 9.90. The van der Waals surface area contributed by atoms with Gasteiger partial charge in [-0.05, 0) is 36.2 Å². The van der Waals surface area contributed by atoms with Gasteiger partial charge in [0.1, 0.15) is 0 Å². The fourth-order valence-corrected chi connectivity index (χ4v) is 3.19. The molecule has 136 valence electrons. The lowest BCUT2D eigenvalue weighted by molar-refractivity contribution is -0.119. The van der Waals surface area contributed by atoms with Crippen molar-refractivity contribution in [3.8, 4) is 0 Å². The van der Waals surface area contributed by atoms with E-state index in [0.29, 0.717) is 6.54 Å². The molecule has 0 aliphatic carbocycles. The molecule has 0 radical (unpaired) electrons. The summed E-state index contributed by atoms with van der Waals surface area (Å²) in [5, 5.41) is 4.47. The van der Waals surface area contributed by atoms with Crippen molar-refractivity contribution in [2.45, 2.75) is 18.9 Å². The van der Waals surface area contributed by atoms with Gasteiger partial charge in [0.2, 0.25) is 5.91 Å². The molecule has 1 amide bonds. The Hall–Kier alpha value is -2.79. The molecule has 3 rings (SSSR count). The van der Waals surface area contributed by atoms with E-state index >= 15 is 0 Å². The van der Waals surface area contributed by atoms with Crippen LogP contribution < -0.4 is 16.0 Å². The molecule has 2 atom stereocenters. The summed E-state index contributed by atoms with van der Waals surface area (Å²) in [6.45, 7) is 2.43. The number of amides is 1. The summed E-state index contributed by atoms with van der Waals surface area (Å²) in [6, 6.07) is 16.4. The predicted molar refractivity (Wildman–Crippen MR) is 108 cm³/mol. The van der Waals surface area contributed by atoms with Gasteiger partial charge >= 0.3 is 0 Å². The third-order valence-electron chi connectivity index (χ3n) is 4.86. The van der Waals surface area contributed by atoms with Crippen molar-refractivity contribution >= 4 is 22.5 Å². The van der Waals surface area contributed by atoms with Gasteiger partial charge in [0.15, 0.2) is 0 Å². The van der Waals surface area contributed by atoms with Crippen LogP contribution in [0.15, 0.2) is 54.7 Å². The smallest absolute Gasteiger partial charge is 0.234 e. The highest BCUT2D eigenvalue weighted by molar-refractivity contribution is 5.84. The van der Waals surface area contributed by atoms with Crippen LogP contribution in [0.2, 0.25) is 0 Å². The van der Waals surface area contributed by atoms with Crippen LogP contribution in [0, 0.1) is 0 Å². The van der Waals surface area contributed by atoms with Gasteiger partial charge < -0.3 is 20.9 Å². The van der Waals surface area contributed by atoms with Crippen molar-refractivity contribution < 1.29 is 4.79 Å². The molecule has 1 heterocycles. The molecule has 0 saturated carbocycles. The molecule has 0 fully saturated rings. The van der Waals surface area contributed by atoms with Gasteiger partial charge in [-0.25, -0.2) is 0 Å². The quantitative estimate of drug-likeness (QED) is 0.613. The highest BCUT2D eigenvalue weighted by Crippen LogP contribution is 2.31. The van der Waals surface area contributed by atoms with Crippen molar-refractivity contribution in [1.29, 1.82) is 0 Å². The lowest BCUT2D eigenvalue weighted by Crippen LogP contribution is -2.40. The van der Waals surface area contributed by atoms with Crippen molar-refractivity contribution in [3.05, 3.63) is 65.9 Å². The Morgan fingerprint density at radius 1 is 1.15 bits per heavy atom. The number of anilines is 1. The number of benzene rings is 2. The third kappa shape index (κ3) is 3.73. The fraction of sp³-hybridized carbons (Fsp3) is 0.286. The first-order valence-corrected chi connectivity index (χ1v) is 8.83. The van der Waals surface area contributed by atoms with Crippen molar-refractivity contribution in [2.75, 3.05) is 25.5 Å². The second-order valence-electron chi connectivity index (χ2n) is 6.86. The van der Waals surface area contributed by atoms with Gasteiger partial charge in [-0.2, -0.15) is 0 Å². The van der Waals surface area contributed by atoms with Crippen molar-refractivity contribution in [3.63, 3.8) is 0 Å². The first kappa shape index (κ1) is 18.0. The topological polar surface area (TPSA) is 74.2 Å². The average Bonchev–Trinajstić information content (AvgIpc) is 3.06. The molecule has 2 aromatic carbocycles. The van der Waals surface area contributed by atoms with E-state index < -0.39 is 0 Å². The SMILES string of the molecule is C[C@@H](NC[C@@H](c1ccc(N(C)C)cc1)c1c[nH]c2ccccc12)C(N)=O.